The zero-order valence-electron chi connectivity index (χ0n) is 14.8. The molecule has 0 radical (unpaired) electrons. The van der Waals surface area contributed by atoms with Crippen LogP contribution in [0, 0.1) is 11.8 Å². The lowest BCUT2D eigenvalue weighted by Gasteiger charge is -2.08. The van der Waals surface area contributed by atoms with Gasteiger partial charge in [0.1, 0.15) is 11.0 Å². The van der Waals surface area contributed by atoms with Crippen molar-refractivity contribution in [3.05, 3.63) is 70.6 Å². The average molecular weight is 378 g/mol. The minimum absolute atomic E-state index is 0.257. The fourth-order valence-corrected chi connectivity index (χ4v) is 3.98. The van der Waals surface area contributed by atoms with Crippen molar-refractivity contribution in [1.82, 2.24) is 0 Å². The van der Waals surface area contributed by atoms with Crippen LogP contribution in [0.25, 0.3) is 10.1 Å². The first-order valence-electron chi connectivity index (χ1n) is 8.66. The molecule has 4 rings (SSSR count). The SMILES string of the molecule is COC(=O)c1cc2c(C#CC3COC(Cc4ccccc4)O3)cccc2s1. The standard InChI is InChI=1S/C22H18O4S/c1-24-22(23)20-13-18-16(8-5-9-19(18)27-20)10-11-17-14-25-21(26-17)12-15-6-3-2-4-7-15/h2-9,13,17,21H,12,14H2,1H3. The summed E-state index contributed by atoms with van der Waals surface area (Å²) in [6.45, 7) is 0.456. The van der Waals surface area contributed by atoms with Crippen LogP contribution in [-0.4, -0.2) is 32.1 Å². The van der Waals surface area contributed by atoms with Gasteiger partial charge in [-0.25, -0.2) is 4.79 Å². The first kappa shape index (κ1) is 17.7. The number of fused-ring (bicyclic) bond motifs is 1. The molecule has 5 heteroatoms. The number of carbonyl (C=O) groups is 1. The highest BCUT2D eigenvalue weighted by Crippen LogP contribution is 2.28. The molecule has 2 unspecified atom stereocenters. The summed E-state index contributed by atoms with van der Waals surface area (Å²) in [5, 5.41) is 0.954. The molecular formula is C22H18O4S. The molecule has 136 valence electrons. The van der Waals surface area contributed by atoms with E-state index in [-0.39, 0.29) is 18.4 Å². The summed E-state index contributed by atoms with van der Waals surface area (Å²) < 4.78 is 17.4. The van der Waals surface area contributed by atoms with Crippen LogP contribution in [0.1, 0.15) is 20.8 Å². The lowest BCUT2D eigenvalue weighted by Crippen LogP contribution is -2.13. The Bertz CT molecular complexity index is 1010. The molecule has 27 heavy (non-hydrogen) atoms. The molecule has 0 spiro atoms. The van der Waals surface area contributed by atoms with Gasteiger partial charge in [-0.05, 0) is 23.8 Å². The first-order chi connectivity index (χ1) is 13.2. The van der Waals surface area contributed by atoms with Gasteiger partial charge in [0, 0.05) is 22.1 Å². The third-order valence-corrected chi connectivity index (χ3v) is 5.39. The molecule has 1 saturated heterocycles. The molecule has 0 N–H and O–H groups in total. The highest BCUT2D eigenvalue weighted by atomic mass is 32.1. The molecular weight excluding hydrogens is 360 g/mol. The topological polar surface area (TPSA) is 44.8 Å². The lowest BCUT2D eigenvalue weighted by atomic mass is 10.1. The summed E-state index contributed by atoms with van der Waals surface area (Å²) >= 11 is 1.41. The molecule has 1 aromatic heterocycles. The van der Waals surface area contributed by atoms with Crippen molar-refractivity contribution in [2.75, 3.05) is 13.7 Å². The Morgan fingerprint density at radius 1 is 1.22 bits per heavy atom. The van der Waals surface area contributed by atoms with Gasteiger partial charge < -0.3 is 14.2 Å². The Kier molecular flexibility index (Phi) is 5.21. The summed E-state index contributed by atoms with van der Waals surface area (Å²) in [7, 11) is 1.39. The number of ether oxygens (including phenoxy) is 3. The van der Waals surface area contributed by atoms with Gasteiger partial charge in [0.25, 0.3) is 0 Å². The van der Waals surface area contributed by atoms with E-state index in [1.54, 1.807) is 0 Å². The first-order valence-corrected chi connectivity index (χ1v) is 9.48. The normalized spacial score (nSPS) is 18.9. The maximum absolute atomic E-state index is 11.8. The van der Waals surface area contributed by atoms with Gasteiger partial charge in [-0.2, -0.15) is 0 Å². The molecule has 1 fully saturated rings. The highest BCUT2D eigenvalue weighted by Gasteiger charge is 2.24. The summed E-state index contributed by atoms with van der Waals surface area (Å²) in [6, 6.07) is 17.8. The predicted molar refractivity (Wildman–Crippen MR) is 105 cm³/mol. The van der Waals surface area contributed by atoms with Gasteiger partial charge in [0.05, 0.1) is 13.7 Å². The van der Waals surface area contributed by atoms with Crippen molar-refractivity contribution in [2.24, 2.45) is 0 Å². The molecule has 0 saturated carbocycles. The number of thiophene rings is 1. The number of carbonyl (C=O) groups excluding carboxylic acids is 1. The van der Waals surface area contributed by atoms with Gasteiger partial charge in [-0.15, -0.1) is 11.3 Å². The summed E-state index contributed by atoms with van der Waals surface area (Å²) in [5.41, 5.74) is 2.04. The van der Waals surface area contributed by atoms with Crippen LogP contribution in [0.3, 0.4) is 0 Å². The molecule has 4 nitrogen and oxygen atoms in total. The Labute approximate surface area is 161 Å². The van der Waals surface area contributed by atoms with Gasteiger partial charge in [0.15, 0.2) is 6.29 Å². The number of methoxy groups -OCH3 is 1. The van der Waals surface area contributed by atoms with Gasteiger partial charge in [0.2, 0.25) is 0 Å². The van der Waals surface area contributed by atoms with Crippen molar-refractivity contribution in [1.29, 1.82) is 0 Å². The van der Waals surface area contributed by atoms with Crippen molar-refractivity contribution in [3.63, 3.8) is 0 Å². The molecule has 1 aliphatic rings. The van der Waals surface area contributed by atoms with E-state index in [2.05, 4.69) is 24.0 Å². The fraction of sp³-hybridized carbons (Fsp3) is 0.227. The molecule has 1 aliphatic heterocycles. The van der Waals surface area contributed by atoms with E-state index in [0.29, 0.717) is 17.9 Å². The molecule has 0 aliphatic carbocycles. The number of rotatable bonds is 3. The van der Waals surface area contributed by atoms with E-state index >= 15 is 0 Å². The van der Waals surface area contributed by atoms with Gasteiger partial charge >= 0.3 is 5.97 Å². The lowest BCUT2D eigenvalue weighted by molar-refractivity contribution is -0.0478. The van der Waals surface area contributed by atoms with E-state index < -0.39 is 0 Å². The number of benzene rings is 2. The van der Waals surface area contributed by atoms with Gasteiger partial charge in [-0.1, -0.05) is 48.2 Å². The molecule has 2 heterocycles. The second-order valence-electron chi connectivity index (χ2n) is 6.17. The Hall–Kier alpha value is -2.65. The summed E-state index contributed by atoms with van der Waals surface area (Å²) in [6.07, 6.45) is 0.184. The monoisotopic (exact) mass is 378 g/mol. The number of hydrogen-bond donors (Lipinski definition) is 0. The van der Waals surface area contributed by atoms with Crippen LogP contribution in [-0.2, 0) is 20.6 Å². The zero-order chi connectivity index (χ0) is 18.6. The molecule has 2 aromatic carbocycles. The van der Waals surface area contributed by atoms with E-state index in [4.69, 9.17) is 14.2 Å². The van der Waals surface area contributed by atoms with E-state index in [0.717, 1.165) is 15.6 Å². The van der Waals surface area contributed by atoms with Crippen LogP contribution in [0.15, 0.2) is 54.6 Å². The Morgan fingerprint density at radius 2 is 2.07 bits per heavy atom. The second kappa shape index (κ2) is 7.93. The molecule has 0 bridgehead atoms. The summed E-state index contributed by atoms with van der Waals surface area (Å²) in [4.78, 5) is 12.3. The predicted octanol–water partition coefficient (Wildman–Crippen LogP) is 4.02. The van der Waals surface area contributed by atoms with Crippen molar-refractivity contribution < 1.29 is 19.0 Å². The van der Waals surface area contributed by atoms with Crippen LogP contribution < -0.4 is 0 Å². The van der Waals surface area contributed by atoms with E-state index in [1.807, 2.05) is 42.5 Å². The van der Waals surface area contributed by atoms with E-state index in [9.17, 15) is 4.79 Å². The van der Waals surface area contributed by atoms with Crippen molar-refractivity contribution >= 4 is 27.4 Å². The maximum Gasteiger partial charge on any atom is 0.348 e. The average Bonchev–Trinajstić information content (AvgIpc) is 3.33. The minimum atomic E-state index is -0.327. The smallest absolute Gasteiger partial charge is 0.348 e. The highest BCUT2D eigenvalue weighted by molar-refractivity contribution is 7.20. The maximum atomic E-state index is 11.8. The van der Waals surface area contributed by atoms with Crippen LogP contribution in [0.4, 0.5) is 0 Å². The molecule has 3 aromatic rings. The van der Waals surface area contributed by atoms with Crippen molar-refractivity contribution in [3.8, 4) is 11.8 Å². The van der Waals surface area contributed by atoms with E-state index in [1.165, 1.54) is 24.0 Å². The molecule has 0 amide bonds. The molecule has 2 atom stereocenters. The van der Waals surface area contributed by atoms with Gasteiger partial charge in [-0.3, -0.25) is 0 Å². The van der Waals surface area contributed by atoms with Crippen LogP contribution >= 0.6 is 11.3 Å². The van der Waals surface area contributed by atoms with Crippen LogP contribution in [0.5, 0.6) is 0 Å². The minimum Gasteiger partial charge on any atom is -0.465 e. The quantitative estimate of drug-likeness (QED) is 0.510. The third-order valence-electron chi connectivity index (χ3n) is 4.31. The number of hydrogen-bond acceptors (Lipinski definition) is 5. The third kappa shape index (κ3) is 4.04. The Balaban J connectivity index is 1.48. The number of esters is 1. The van der Waals surface area contributed by atoms with Crippen molar-refractivity contribution in [2.45, 2.75) is 18.8 Å². The second-order valence-corrected chi connectivity index (χ2v) is 7.25. The largest absolute Gasteiger partial charge is 0.465 e. The zero-order valence-corrected chi connectivity index (χ0v) is 15.6. The Morgan fingerprint density at radius 3 is 2.89 bits per heavy atom. The fourth-order valence-electron chi connectivity index (χ4n) is 2.98. The van der Waals surface area contributed by atoms with Crippen LogP contribution in [0.2, 0.25) is 0 Å². The summed E-state index contributed by atoms with van der Waals surface area (Å²) in [5.74, 6) is 6.01.